The van der Waals surface area contributed by atoms with Crippen molar-refractivity contribution in [1.82, 2.24) is 10.3 Å². The molecule has 1 aliphatic rings. The molecule has 1 fully saturated rings. The second kappa shape index (κ2) is 7.35. The summed E-state index contributed by atoms with van der Waals surface area (Å²) in [5.74, 6) is 6.34. The number of aromatic nitrogens is 1. The Balaban J connectivity index is 1.88. The topological polar surface area (TPSA) is 51.2 Å². The quantitative estimate of drug-likeness (QED) is 0.856. The number of carbonyl (C=O) groups excluding carboxylic acids is 1. The molecule has 2 heterocycles. The van der Waals surface area contributed by atoms with E-state index in [0.717, 1.165) is 17.5 Å². The smallest absolute Gasteiger partial charge is 0.408 e. The number of cyclic esters (lactones) is 1. The zero-order valence-corrected chi connectivity index (χ0v) is 14.1. The number of nitrogens with one attached hydrogen (secondary N) is 1. The molecule has 1 amide bonds. The molecule has 1 aliphatic heterocycles. The molecule has 2 atom stereocenters. The number of rotatable bonds is 3. The fourth-order valence-corrected chi connectivity index (χ4v) is 2.68. The van der Waals surface area contributed by atoms with E-state index in [2.05, 4.69) is 36.0 Å². The Labute approximate surface area is 146 Å². The Morgan fingerprint density at radius 1 is 1.28 bits per heavy atom. The monoisotopic (exact) mass is 338 g/mol. The van der Waals surface area contributed by atoms with E-state index >= 15 is 0 Å². The highest BCUT2D eigenvalue weighted by atomic mass is 19.1. The molecule has 0 radical (unpaired) electrons. The predicted molar refractivity (Wildman–Crippen MR) is 92.1 cm³/mol. The summed E-state index contributed by atoms with van der Waals surface area (Å²) < 4.78 is 18.9. The van der Waals surface area contributed by atoms with Gasteiger partial charge in [0, 0.05) is 24.4 Å². The van der Waals surface area contributed by atoms with Crippen LogP contribution in [0.15, 0.2) is 42.7 Å². The maximum absolute atomic E-state index is 13.5. The van der Waals surface area contributed by atoms with Crippen molar-refractivity contribution < 1.29 is 13.9 Å². The molecule has 0 unspecified atom stereocenters. The van der Waals surface area contributed by atoms with Crippen LogP contribution in [0.25, 0.3) is 0 Å². The summed E-state index contributed by atoms with van der Waals surface area (Å²) in [5, 5.41) is 2.77. The third-order valence-electron chi connectivity index (χ3n) is 3.85. The molecule has 5 heteroatoms. The Hall–Kier alpha value is -2.87. The largest absolute Gasteiger partial charge is 0.439 e. The zero-order valence-electron chi connectivity index (χ0n) is 14.1. The lowest BCUT2D eigenvalue weighted by molar-refractivity contribution is 0.132. The van der Waals surface area contributed by atoms with Crippen molar-refractivity contribution in [3.05, 3.63) is 65.2 Å². The first kappa shape index (κ1) is 17.0. The average Bonchev–Trinajstić information content (AvgIpc) is 2.97. The Morgan fingerprint density at radius 3 is 2.88 bits per heavy atom. The van der Waals surface area contributed by atoms with Crippen LogP contribution in [0, 0.1) is 23.6 Å². The van der Waals surface area contributed by atoms with E-state index in [1.54, 1.807) is 24.5 Å². The summed E-state index contributed by atoms with van der Waals surface area (Å²) in [4.78, 5) is 16.0. The molecule has 0 bridgehead atoms. The van der Waals surface area contributed by atoms with Crippen molar-refractivity contribution in [3.63, 3.8) is 0 Å². The van der Waals surface area contributed by atoms with Gasteiger partial charge in [0.15, 0.2) is 6.10 Å². The highest BCUT2D eigenvalue weighted by Gasteiger charge is 2.36. The molecule has 1 N–H and O–H groups in total. The third kappa shape index (κ3) is 4.16. The first-order valence-electron chi connectivity index (χ1n) is 8.19. The van der Waals surface area contributed by atoms with Crippen LogP contribution in [0.5, 0.6) is 0 Å². The molecular weight excluding hydrogens is 319 g/mol. The molecule has 1 aromatic carbocycles. The minimum absolute atomic E-state index is 0.370. The number of ether oxygens (including phenoxy) is 1. The number of alkyl carbamates (subject to hydrolysis) is 1. The van der Waals surface area contributed by atoms with Gasteiger partial charge in [-0.15, -0.1) is 0 Å². The summed E-state index contributed by atoms with van der Waals surface area (Å²) >= 11 is 0. The lowest BCUT2D eigenvalue weighted by Gasteiger charge is -2.17. The summed E-state index contributed by atoms with van der Waals surface area (Å²) in [6.45, 7) is 4.22. The molecule has 2 aromatic rings. The number of nitrogens with zero attached hydrogens (tertiary/aromatic N) is 1. The Kier molecular flexibility index (Phi) is 4.99. The minimum atomic E-state index is -0.608. The number of hydrogen-bond acceptors (Lipinski definition) is 3. The lowest BCUT2D eigenvalue weighted by Crippen LogP contribution is -2.19. The SMILES string of the molecule is CC(C)CC#Cc1cncc([C@H]2NC(=O)O[C@@H]2c2cccc(F)c2)c1. The predicted octanol–water partition coefficient (Wildman–Crippen LogP) is 4.14. The fourth-order valence-electron chi connectivity index (χ4n) is 2.68. The van der Waals surface area contributed by atoms with Gasteiger partial charge in [-0.3, -0.25) is 4.98 Å². The van der Waals surface area contributed by atoms with Gasteiger partial charge in [-0.05, 0) is 35.2 Å². The number of halogens is 1. The summed E-state index contributed by atoms with van der Waals surface area (Å²) in [6, 6.07) is 7.51. The van der Waals surface area contributed by atoms with Crippen molar-refractivity contribution in [2.45, 2.75) is 32.4 Å². The molecular formula is C20H19FN2O2. The maximum atomic E-state index is 13.5. The number of amides is 1. The Bertz CT molecular complexity index is 839. The van der Waals surface area contributed by atoms with Gasteiger partial charge in [0.2, 0.25) is 0 Å². The van der Waals surface area contributed by atoms with Gasteiger partial charge in [-0.25, -0.2) is 9.18 Å². The van der Waals surface area contributed by atoms with Gasteiger partial charge >= 0.3 is 6.09 Å². The van der Waals surface area contributed by atoms with Crippen LogP contribution < -0.4 is 5.32 Å². The maximum Gasteiger partial charge on any atom is 0.408 e. The van der Waals surface area contributed by atoms with E-state index in [4.69, 9.17) is 4.74 Å². The molecule has 1 saturated heterocycles. The van der Waals surface area contributed by atoms with E-state index in [9.17, 15) is 9.18 Å². The molecule has 0 saturated carbocycles. The molecule has 0 aliphatic carbocycles. The van der Waals surface area contributed by atoms with Crippen LogP contribution in [-0.2, 0) is 4.74 Å². The van der Waals surface area contributed by atoms with Crippen molar-refractivity contribution in [2.24, 2.45) is 5.92 Å². The van der Waals surface area contributed by atoms with Crippen molar-refractivity contribution in [3.8, 4) is 11.8 Å². The van der Waals surface area contributed by atoms with Crippen LogP contribution in [0.1, 0.15) is 49.1 Å². The minimum Gasteiger partial charge on any atom is -0.439 e. The lowest BCUT2D eigenvalue weighted by atomic mass is 9.97. The molecule has 25 heavy (non-hydrogen) atoms. The molecule has 0 spiro atoms. The summed E-state index contributed by atoms with van der Waals surface area (Å²) in [7, 11) is 0. The van der Waals surface area contributed by atoms with Crippen molar-refractivity contribution >= 4 is 6.09 Å². The van der Waals surface area contributed by atoms with Gasteiger partial charge in [0.05, 0.1) is 0 Å². The molecule has 3 rings (SSSR count). The molecule has 4 nitrogen and oxygen atoms in total. The zero-order chi connectivity index (χ0) is 17.8. The van der Waals surface area contributed by atoms with E-state index in [1.807, 2.05) is 6.07 Å². The number of benzene rings is 1. The highest BCUT2D eigenvalue weighted by molar-refractivity contribution is 5.71. The first-order valence-corrected chi connectivity index (χ1v) is 8.19. The van der Waals surface area contributed by atoms with Crippen LogP contribution >= 0.6 is 0 Å². The van der Waals surface area contributed by atoms with E-state index in [-0.39, 0.29) is 5.82 Å². The van der Waals surface area contributed by atoms with Crippen LogP contribution in [0.3, 0.4) is 0 Å². The first-order chi connectivity index (χ1) is 12.0. The van der Waals surface area contributed by atoms with Crippen molar-refractivity contribution in [1.29, 1.82) is 0 Å². The van der Waals surface area contributed by atoms with Crippen LogP contribution in [-0.4, -0.2) is 11.1 Å². The van der Waals surface area contributed by atoms with Gasteiger partial charge < -0.3 is 10.1 Å². The second-order valence-corrected chi connectivity index (χ2v) is 6.41. The standard InChI is InChI=1S/C20H19FN2O2/c1-13(2)5-3-6-14-9-16(12-22-11-14)18-19(25-20(24)23-18)15-7-4-8-17(21)10-15/h4,7-13,18-19H,5H2,1-2H3,(H,23,24)/t18-,19-/m1/s1. The molecule has 1 aromatic heterocycles. The molecule has 128 valence electrons. The van der Waals surface area contributed by atoms with E-state index in [1.165, 1.54) is 12.1 Å². The van der Waals surface area contributed by atoms with Gasteiger partial charge in [-0.1, -0.05) is 37.8 Å². The third-order valence-corrected chi connectivity index (χ3v) is 3.85. The summed E-state index contributed by atoms with van der Waals surface area (Å²) in [6.07, 6.45) is 3.02. The van der Waals surface area contributed by atoms with Crippen LogP contribution in [0.2, 0.25) is 0 Å². The second-order valence-electron chi connectivity index (χ2n) is 6.41. The van der Waals surface area contributed by atoms with Gasteiger partial charge in [0.25, 0.3) is 0 Å². The fraction of sp³-hybridized carbons (Fsp3) is 0.300. The highest BCUT2D eigenvalue weighted by Crippen LogP contribution is 2.36. The number of carbonyl (C=O) groups is 1. The number of hydrogen-bond donors (Lipinski definition) is 1. The number of pyridine rings is 1. The van der Waals surface area contributed by atoms with Crippen molar-refractivity contribution in [2.75, 3.05) is 0 Å². The Morgan fingerprint density at radius 2 is 2.12 bits per heavy atom. The van der Waals surface area contributed by atoms with E-state index in [0.29, 0.717) is 11.5 Å². The summed E-state index contributed by atoms with van der Waals surface area (Å²) in [5.41, 5.74) is 2.15. The average molecular weight is 338 g/mol. The normalized spacial score (nSPS) is 19.1. The van der Waals surface area contributed by atoms with Gasteiger partial charge in [-0.2, -0.15) is 0 Å². The van der Waals surface area contributed by atoms with Gasteiger partial charge in [0.1, 0.15) is 11.9 Å². The van der Waals surface area contributed by atoms with E-state index < -0.39 is 18.2 Å². The van der Waals surface area contributed by atoms with Crippen LogP contribution in [0.4, 0.5) is 9.18 Å².